The van der Waals surface area contributed by atoms with Crippen LogP contribution in [0, 0.1) is 12.7 Å². The second kappa shape index (κ2) is 7.94. The van der Waals surface area contributed by atoms with Crippen LogP contribution in [0.5, 0.6) is 0 Å². The second-order valence-corrected chi connectivity index (χ2v) is 6.34. The number of carbonyl (C=O) groups excluding carboxylic acids is 1. The van der Waals surface area contributed by atoms with E-state index in [9.17, 15) is 14.4 Å². The molecule has 0 aromatic heterocycles. The zero-order chi connectivity index (χ0) is 20.3. The van der Waals surface area contributed by atoms with Crippen molar-refractivity contribution < 1.29 is 14.4 Å². The molecule has 0 spiro atoms. The van der Waals surface area contributed by atoms with Crippen LogP contribution in [0.25, 0.3) is 5.70 Å². The number of benzene rings is 3. The Morgan fingerprint density at radius 2 is 1.64 bits per heavy atom. The quantitative estimate of drug-likeness (QED) is 0.439. The van der Waals surface area contributed by atoms with Crippen LogP contribution in [-0.2, 0) is 0 Å². The minimum absolute atomic E-state index is 0.342. The first-order valence-corrected chi connectivity index (χ1v) is 8.56. The first-order chi connectivity index (χ1) is 13.3. The van der Waals surface area contributed by atoms with Gasteiger partial charge in [0, 0.05) is 22.5 Å². The molecule has 28 heavy (non-hydrogen) atoms. The van der Waals surface area contributed by atoms with E-state index in [1.165, 1.54) is 24.3 Å². The molecular weight excluding hydrogens is 357 g/mol. The maximum absolute atomic E-state index is 13.0. The topological polar surface area (TPSA) is 78.6 Å². The smallest absolute Gasteiger partial charge is 0.255 e. The van der Waals surface area contributed by atoms with Crippen molar-refractivity contribution in [2.75, 3.05) is 16.1 Å². The average Bonchev–Trinajstić information content (AvgIpc) is 2.69. The summed E-state index contributed by atoms with van der Waals surface area (Å²) in [6.07, 6.45) is 0. The molecule has 0 unspecified atom stereocenters. The average molecular weight is 377 g/mol. The lowest BCUT2D eigenvalue weighted by Gasteiger charge is -2.22. The predicted molar refractivity (Wildman–Crippen MR) is 110 cm³/mol. The van der Waals surface area contributed by atoms with E-state index < -0.39 is 5.82 Å². The van der Waals surface area contributed by atoms with Crippen LogP contribution >= 0.6 is 0 Å². The van der Waals surface area contributed by atoms with Crippen LogP contribution in [0.3, 0.4) is 0 Å². The number of aryl methyl sites for hydroxylation is 1. The molecular formula is C22H20FN3O2. The number of hydroxylamine groups is 1. The fraction of sp³-hybridized carbons (Fsp3) is 0.0455. The Morgan fingerprint density at radius 3 is 2.29 bits per heavy atom. The van der Waals surface area contributed by atoms with E-state index in [4.69, 9.17) is 5.73 Å². The summed E-state index contributed by atoms with van der Waals surface area (Å²) in [6.45, 7) is 5.79. The SMILES string of the molecule is C=C(c1ccc(NC(=O)c2ccc(F)cc2)cc1)N(O)c1cc(N)ccc1C. The van der Waals surface area contributed by atoms with Crippen LogP contribution < -0.4 is 16.1 Å². The van der Waals surface area contributed by atoms with Crippen molar-refractivity contribution in [2.45, 2.75) is 6.92 Å². The van der Waals surface area contributed by atoms with Gasteiger partial charge in [-0.15, -0.1) is 0 Å². The molecule has 1 amide bonds. The Balaban J connectivity index is 1.73. The molecule has 142 valence electrons. The van der Waals surface area contributed by atoms with Gasteiger partial charge in [-0.25, -0.2) is 9.45 Å². The van der Waals surface area contributed by atoms with E-state index in [1.807, 2.05) is 13.0 Å². The third-order valence-electron chi connectivity index (χ3n) is 4.30. The molecule has 4 N–H and O–H groups in total. The highest BCUT2D eigenvalue weighted by molar-refractivity contribution is 6.04. The van der Waals surface area contributed by atoms with E-state index in [-0.39, 0.29) is 5.91 Å². The van der Waals surface area contributed by atoms with Crippen LogP contribution in [0.2, 0.25) is 0 Å². The maximum Gasteiger partial charge on any atom is 0.255 e. The number of nitrogens with one attached hydrogen (secondary N) is 1. The summed E-state index contributed by atoms with van der Waals surface area (Å²) in [4.78, 5) is 12.2. The largest absolute Gasteiger partial charge is 0.399 e. The van der Waals surface area contributed by atoms with Crippen LogP contribution in [0.4, 0.5) is 21.5 Å². The third kappa shape index (κ3) is 4.19. The monoisotopic (exact) mass is 377 g/mol. The minimum Gasteiger partial charge on any atom is -0.399 e. The normalized spacial score (nSPS) is 10.4. The van der Waals surface area contributed by atoms with Crippen molar-refractivity contribution in [2.24, 2.45) is 0 Å². The molecule has 0 aliphatic heterocycles. The molecule has 0 aliphatic rings. The number of hydrogen-bond acceptors (Lipinski definition) is 4. The molecule has 5 nitrogen and oxygen atoms in total. The highest BCUT2D eigenvalue weighted by Gasteiger charge is 2.13. The Bertz CT molecular complexity index is 1010. The Morgan fingerprint density at radius 1 is 1.04 bits per heavy atom. The fourth-order valence-electron chi connectivity index (χ4n) is 2.67. The first-order valence-electron chi connectivity index (χ1n) is 8.56. The van der Waals surface area contributed by atoms with E-state index in [2.05, 4.69) is 11.9 Å². The third-order valence-corrected chi connectivity index (χ3v) is 4.30. The van der Waals surface area contributed by atoms with Crippen LogP contribution in [0.15, 0.2) is 73.3 Å². The van der Waals surface area contributed by atoms with Gasteiger partial charge >= 0.3 is 0 Å². The summed E-state index contributed by atoms with van der Waals surface area (Å²) in [5.74, 6) is -0.742. The molecule has 6 heteroatoms. The molecule has 0 bridgehead atoms. The minimum atomic E-state index is -0.400. The van der Waals surface area contributed by atoms with Crippen molar-refractivity contribution >= 4 is 28.7 Å². The molecule has 0 saturated carbocycles. The van der Waals surface area contributed by atoms with Gasteiger partial charge in [0.1, 0.15) is 5.82 Å². The predicted octanol–water partition coefficient (Wildman–Crippen LogP) is 4.84. The second-order valence-electron chi connectivity index (χ2n) is 6.34. The van der Waals surface area contributed by atoms with Gasteiger partial charge in [0.15, 0.2) is 0 Å². The molecule has 3 rings (SSSR count). The number of nitrogens with two attached hydrogens (primary N) is 1. The lowest BCUT2D eigenvalue weighted by molar-refractivity contribution is 0.102. The van der Waals surface area contributed by atoms with Gasteiger partial charge in [0.2, 0.25) is 0 Å². The van der Waals surface area contributed by atoms with Gasteiger partial charge in [-0.1, -0.05) is 24.8 Å². The molecule has 0 saturated heterocycles. The molecule has 3 aromatic carbocycles. The molecule has 0 aliphatic carbocycles. The number of anilines is 3. The van der Waals surface area contributed by atoms with E-state index in [0.717, 1.165) is 10.6 Å². The molecule has 0 fully saturated rings. The maximum atomic E-state index is 13.0. The van der Waals surface area contributed by atoms with Gasteiger partial charge in [-0.3, -0.25) is 10.0 Å². The number of hydrogen-bond donors (Lipinski definition) is 3. The Hall–Kier alpha value is -3.64. The van der Waals surface area contributed by atoms with Crippen molar-refractivity contribution in [3.8, 4) is 0 Å². The summed E-state index contributed by atoms with van der Waals surface area (Å²) in [5.41, 5.74) is 9.68. The molecule has 0 radical (unpaired) electrons. The van der Waals surface area contributed by atoms with Gasteiger partial charge in [0.25, 0.3) is 5.91 Å². The highest BCUT2D eigenvalue weighted by Crippen LogP contribution is 2.28. The summed E-state index contributed by atoms with van der Waals surface area (Å²) in [7, 11) is 0. The molecule has 3 aromatic rings. The summed E-state index contributed by atoms with van der Waals surface area (Å²) >= 11 is 0. The zero-order valence-corrected chi connectivity index (χ0v) is 15.3. The zero-order valence-electron chi connectivity index (χ0n) is 15.3. The van der Waals surface area contributed by atoms with Crippen LogP contribution in [0.1, 0.15) is 21.5 Å². The molecule has 0 atom stereocenters. The Labute approximate surface area is 162 Å². The van der Waals surface area contributed by atoms with Gasteiger partial charge < -0.3 is 11.1 Å². The van der Waals surface area contributed by atoms with E-state index >= 15 is 0 Å². The first kappa shape index (κ1) is 19.1. The van der Waals surface area contributed by atoms with Crippen LogP contribution in [-0.4, -0.2) is 11.1 Å². The number of amides is 1. The Kier molecular flexibility index (Phi) is 5.42. The summed E-state index contributed by atoms with van der Waals surface area (Å²) in [6, 6.07) is 17.4. The molecule has 0 heterocycles. The van der Waals surface area contributed by atoms with Crippen molar-refractivity contribution in [1.29, 1.82) is 0 Å². The number of rotatable bonds is 5. The summed E-state index contributed by atoms with van der Waals surface area (Å²) < 4.78 is 13.0. The van der Waals surface area contributed by atoms with Gasteiger partial charge in [-0.2, -0.15) is 0 Å². The van der Waals surface area contributed by atoms with E-state index in [1.54, 1.807) is 36.4 Å². The van der Waals surface area contributed by atoms with Crippen molar-refractivity contribution in [3.05, 3.63) is 95.8 Å². The van der Waals surface area contributed by atoms with Gasteiger partial charge in [-0.05, 0) is 61.0 Å². The van der Waals surface area contributed by atoms with Crippen molar-refractivity contribution in [3.63, 3.8) is 0 Å². The highest BCUT2D eigenvalue weighted by atomic mass is 19.1. The number of nitrogen functional groups attached to an aromatic ring is 1. The van der Waals surface area contributed by atoms with Gasteiger partial charge in [0.05, 0.1) is 11.4 Å². The number of halogens is 1. The number of carbonyl (C=O) groups is 1. The standard InChI is InChI=1S/C22H20FN3O2/c1-14-3-10-19(24)13-21(14)26(28)15(2)16-6-11-20(12-7-16)25-22(27)17-4-8-18(23)9-5-17/h3-13,28H,2,24H2,1H3,(H,25,27). The lowest BCUT2D eigenvalue weighted by Crippen LogP contribution is -2.17. The lowest BCUT2D eigenvalue weighted by atomic mass is 10.1. The summed E-state index contributed by atoms with van der Waals surface area (Å²) in [5, 5.41) is 14.2. The van der Waals surface area contributed by atoms with Crippen molar-refractivity contribution in [1.82, 2.24) is 0 Å². The van der Waals surface area contributed by atoms with E-state index in [0.29, 0.717) is 33.9 Å². The number of nitrogens with zero attached hydrogens (tertiary/aromatic N) is 1. The fourth-order valence-corrected chi connectivity index (χ4v) is 2.67.